The normalized spacial score (nSPS) is 11.3. The fraction of sp³-hybridized carbons (Fsp3) is 0.625. The van der Waals surface area contributed by atoms with Gasteiger partial charge >= 0.3 is 0 Å². The molecule has 0 aliphatic rings. The highest BCUT2D eigenvalue weighted by atomic mass is 127. The van der Waals surface area contributed by atoms with Crippen LogP contribution in [0.2, 0.25) is 0 Å². The van der Waals surface area contributed by atoms with Crippen LogP contribution in [-0.4, -0.2) is 30.6 Å². The quantitative estimate of drug-likeness (QED) is 0.404. The van der Waals surface area contributed by atoms with Crippen molar-refractivity contribution in [2.45, 2.75) is 46.8 Å². The molecule has 0 amide bonds. The summed E-state index contributed by atoms with van der Waals surface area (Å²) in [6.45, 7) is 10.0. The number of pyridine rings is 1. The van der Waals surface area contributed by atoms with Gasteiger partial charge in [0.1, 0.15) is 0 Å². The van der Waals surface area contributed by atoms with E-state index in [2.05, 4.69) is 34.5 Å². The van der Waals surface area contributed by atoms with Crippen molar-refractivity contribution in [1.29, 1.82) is 0 Å². The molecule has 0 saturated carbocycles. The van der Waals surface area contributed by atoms with Crippen LogP contribution in [0, 0.1) is 5.92 Å². The Kier molecular flexibility index (Phi) is 11.0. The maximum absolute atomic E-state index is 5.52. The van der Waals surface area contributed by atoms with Gasteiger partial charge in [-0.3, -0.25) is 4.99 Å². The SMILES string of the molecule is CN=C(NCCC(C)C)NCc1ccc(OC(C)C)nc1.I. The molecular formula is C16H29IN4O. The molecule has 2 N–H and O–H groups in total. The zero-order valence-electron chi connectivity index (χ0n) is 14.2. The van der Waals surface area contributed by atoms with Gasteiger partial charge in [0, 0.05) is 32.4 Å². The number of rotatable bonds is 7. The Bertz CT molecular complexity index is 432. The molecule has 0 aliphatic carbocycles. The molecule has 0 saturated heterocycles. The molecule has 0 bridgehead atoms. The second-order valence-electron chi connectivity index (χ2n) is 5.71. The van der Waals surface area contributed by atoms with Crippen LogP contribution in [0.3, 0.4) is 0 Å². The first-order chi connectivity index (χ1) is 10.0. The lowest BCUT2D eigenvalue weighted by molar-refractivity contribution is 0.232. The van der Waals surface area contributed by atoms with Crippen LogP contribution in [-0.2, 0) is 6.54 Å². The summed E-state index contributed by atoms with van der Waals surface area (Å²) in [6, 6.07) is 3.91. The molecular weight excluding hydrogens is 391 g/mol. The summed E-state index contributed by atoms with van der Waals surface area (Å²) in [6.07, 6.45) is 3.10. The van der Waals surface area contributed by atoms with E-state index in [0.29, 0.717) is 18.3 Å². The maximum Gasteiger partial charge on any atom is 0.213 e. The molecule has 5 nitrogen and oxygen atoms in total. The number of aliphatic imine (C=N–C) groups is 1. The second-order valence-corrected chi connectivity index (χ2v) is 5.71. The van der Waals surface area contributed by atoms with E-state index >= 15 is 0 Å². The van der Waals surface area contributed by atoms with E-state index in [1.165, 1.54) is 0 Å². The number of nitrogens with zero attached hydrogens (tertiary/aromatic N) is 2. The molecule has 0 aliphatic heterocycles. The topological polar surface area (TPSA) is 58.5 Å². The van der Waals surface area contributed by atoms with Gasteiger partial charge in [-0.15, -0.1) is 24.0 Å². The Morgan fingerprint density at radius 3 is 2.45 bits per heavy atom. The molecule has 1 aromatic heterocycles. The third kappa shape index (κ3) is 9.07. The molecule has 126 valence electrons. The minimum atomic E-state index is 0. The average molecular weight is 420 g/mol. The van der Waals surface area contributed by atoms with E-state index in [1.807, 2.05) is 32.2 Å². The summed E-state index contributed by atoms with van der Waals surface area (Å²) in [5.74, 6) is 2.17. The molecule has 6 heteroatoms. The fourth-order valence-electron chi connectivity index (χ4n) is 1.71. The van der Waals surface area contributed by atoms with Gasteiger partial charge in [-0.1, -0.05) is 19.9 Å². The molecule has 1 heterocycles. The number of hydrogen-bond donors (Lipinski definition) is 2. The van der Waals surface area contributed by atoms with Gasteiger partial charge < -0.3 is 15.4 Å². The zero-order chi connectivity index (χ0) is 15.7. The lowest BCUT2D eigenvalue weighted by Gasteiger charge is -2.13. The smallest absolute Gasteiger partial charge is 0.213 e. The molecule has 0 unspecified atom stereocenters. The molecule has 0 spiro atoms. The first kappa shape index (κ1) is 20.9. The largest absolute Gasteiger partial charge is 0.475 e. The summed E-state index contributed by atoms with van der Waals surface area (Å²) in [7, 11) is 1.78. The van der Waals surface area contributed by atoms with Crippen molar-refractivity contribution in [2.24, 2.45) is 10.9 Å². The van der Waals surface area contributed by atoms with E-state index in [1.54, 1.807) is 7.05 Å². The van der Waals surface area contributed by atoms with Crippen molar-refractivity contribution in [3.63, 3.8) is 0 Å². The molecule has 0 aromatic carbocycles. The summed E-state index contributed by atoms with van der Waals surface area (Å²) >= 11 is 0. The highest BCUT2D eigenvalue weighted by Crippen LogP contribution is 2.09. The number of hydrogen-bond acceptors (Lipinski definition) is 3. The third-order valence-electron chi connectivity index (χ3n) is 2.85. The highest BCUT2D eigenvalue weighted by Gasteiger charge is 2.02. The molecule has 0 radical (unpaired) electrons. The van der Waals surface area contributed by atoms with E-state index in [4.69, 9.17) is 4.74 Å². The molecule has 22 heavy (non-hydrogen) atoms. The summed E-state index contributed by atoms with van der Waals surface area (Å²) in [5.41, 5.74) is 1.10. The molecule has 1 aromatic rings. The predicted molar refractivity (Wildman–Crippen MR) is 103 cm³/mol. The Morgan fingerprint density at radius 1 is 1.23 bits per heavy atom. The second kappa shape index (κ2) is 11.5. The van der Waals surface area contributed by atoms with Crippen LogP contribution in [0.5, 0.6) is 5.88 Å². The average Bonchev–Trinajstić information content (AvgIpc) is 2.43. The predicted octanol–water partition coefficient (Wildman–Crippen LogP) is 3.20. The first-order valence-corrected chi connectivity index (χ1v) is 7.57. The molecule has 0 fully saturated rings. The maximum atomic E-state index is 5.52. The van der Waals surface area contributed by atoms with Crippen molar-refractivity contribution in [3.8, 4) is 5.88 Å². The lowest BCUT2D eigenvalue weighted by Crippen LogP contribution is -2.37. The van der Waals surface area contributed by atoms with Crippen LogP contribution in [0.1, 0.15) is 39.7 Å². The standard InChI is InChI=1S/C16H28N4O.HI/c1-12(2)8-9-18-16(17-5)20-11-14-6-7-15(19-10-14)21-13(3)4;/h6-7,10,12-13H,8-9,11H2,1-5H3,(H2,17,18,20);1H. The Balaban J connectivity index is 0.00000441. The van der Waals surface area contributed by atoms with Crippen molar-refractivity contribution in [1.82, 2.24) is 15.6 Å². The van der Waals surface area contributed by atoms with E-state index < -0.39 is 0 Å². The van der Waals surface area contributed by atoms with Crippen LogP contribution in [0.4, 0.5) is 0 Å². The van der Waals surface area contributed by atoms with Gasteiger partial charge in [0.05, 0.1) is 6.10 Å². The van der Waals surface area contributed by atoms with Crippen LogP contribution in [0.15, 0.2) is 23.3 Å². The monoisotopic (exact) mass is 420 g/mol. The number of aromatic nitrogens is 1. The van der Waals surface area contributed by atoms with Crippen molar-refractivity contribution in [3.05, 3.63) is 23.9 Å². The Morgan fingerprint density at radius 2 is 1.95 bits per heavy atom. The minimum Gasteiger partial charge on any atom is -0.475 e. The zero-order valence-corrected chi connectivity index (χ0v) is 16.5. The number of halogens is 1. The summed E-state index contributed by atoms with van der Waals surface area (Å²) in [4.78, 5) is 8.49. The van der Waals surface area contributed by atoms with Gasteiger partial charge in [-0.25, -0.2) is 4.98 Å². The molecule has 0 atom stereocenters. The van der Waals surface area contributed by atoms with Crippen LogP contribution < -0.4 is 15.4 Å². The Hall–Kier alpha value is -1.05. The van der Waals surface area contributed by atoms with Gasteiger partial charge in [0.2, 0.25) is 5.88 Å². The lowest BCUT2D eigenvalue weighted by atomic mass is 10.1. The number of ether oxygens (including phenoxy) is 1. The third-order valence-corrected chi connectivity index (χ3v) is 2.85. The highest BCUT2D eigenvalue weighted by molar-refractivity contribution is 14.0. The van der Waals surface area contributed by atoms with E-state index in [9.17, 15) is 0 Å². The van der Waals surface area contributed by atoms with Gasteiger partial charge in [-0.05, 0) is 31.7 Å². The van der Waals surface area contributed by atoms with Crippen molar-refractivity contribution < 1.29 is 4.74 Å². The molecule has 1 rings (SSSR count). The Labute approximate surface area is 151 Å². The van der Waals surface area contributed by atoms with Crippen LogP contribution in [0.25, 0.3) is 0 Å². The summed E-state index contributed by atoms with van der Waals surface area (Å²) < 4.78 is 5.52. The minimum absolute atomic E-state index is 0. The van der Waals surface area contributed by atoms with Gasteiger partial charge in [0.25, 0.3) is 0 Å². The van der Waals surface area contributed by atoms with Gasteiger partial charge in [-0.2, -0.15) is 0 Å². The van der Waals surface area contributed by atoms with Gasteiger partial charge in [0.15, 0.2) is 5.96 Å². The fourth-order valence-corrected chi connectivity index (χ4v) is 1.71. The van der Waals surface area contributed by atoms with Crippen molar-refractivity contribution in [2.75, 3.05) is 13.6 Å². The van der Waals surface area contributed by atoms with E-state index in [-0.39, 0.29) is 30.1 Å². The summed E-state index contributed by atoms with van der Waals surface area (Å²) in [5, 5.41) is 6.58. The van der Waals surface area contributed by atoms with Crippen molar-refractivity contribution >= 4 is 29.9 Å². The van der Waals surface area contributed by atoms with Crippen LogP contribution >= 0.6 is 24.0 Å². The number of nitrogens with one attached hydrogen (secondary N) is 2. The number of guanidine groups is 1. The first-order valence-electron chi connectivity index (χ1n) is 7.57. The van der Waals surface area contributed by atoms with E-state index in [0.717, 1.165) is 24.5 Å².